The smallest absolute Gasteiger partial charge is 0.107 e. The van der Waals surface area contributed by atoms with Gasteiger partial charge < -0.3 is 5.32 Å². The van der Waals surface area contributed by atoms with Gasteiger partial charge in [-0.25, -0.2) is 4.98 Å². The summed E-state index contributed by atoms with van der Waals surface area (Å²) in [5.41, 5.74) is 1.76. The van der Waals surface area contributed by atoms with Crippen LogP contribution < -0.4 is 5.32 Å². The predicted molar refractivity (Wildman–Crippen MR) is 70.3 cm³/mol. The van der Waals surface area contributed by atoms with Gasteiger partial charge in [-0.05, 0) is 25.2 Å². The van der Waals surface area contributed by atoms with E-state index in [0.717, 1.165) is 22.8 Å². The first-order chi connectivity index (χ1) is 7.70. The van der Waals surface area contributed by atoms with E-state index in [2.05, 4.69) is 10.3 Å². The highest BCUT2D eigenvalue weighted by molar-refractivity contribution is 7.09. The summed E-state index contributed by atoms with van der Waals surface area (Å²) >= 11 is 13.7. The van der Waals surface area contributed by atoms with Crippen molar-refractivity contribution in [3.8, 4) is 11.3 Å². The van der Waals surface area contributed by atoms with Gasteiger partial charge in [0.25, 0.3) is 0 Å². The molecule has 0 saturated carbocycles. The molecular formula is C11H10Cl2N2S. The second-order valence-corrected chi connectivity index (χ2v) is 5.07. The largest absolute Gasteiger partial charge is 0.314 e. The van der Waals surface area contributed by atoms with Gasteiger partial charge >= 0.3 is 0 Å². The van der Waals surface area contributed by atoms with Gasteiger partial charge in [-0.1, -0.05) is 23.2 Å². The van der Waals surface area contributed by atoms with Crippen molar-refractivity contribution < 1.29 is 0 Å². The first kappa shape index (κ1) is 11.9. The minimum Gasteiger partial charge on any atom is -0.314 e. The number of hydrogen-bond acceptors (Lipinski definition) is 3. The highest BCUT2D eigenvalue weighted by Gasteiger charge is 2.08. The Morgan fingerprint density at radius 1 is 1.38 bits per heavy atom. The molecule has 1 heterocycles. The first-order valence-corrected chi connectivity index (χ1v) is 6.38. The van der Waals surface area contributed by atoms with Gasteiger partial charge in [0, 0.05) is 22.5 Å². The third-order valence-corrected chi connectivity index (χ3v) is 3.50. The van der Waals surface area contributed by atoms with Crippen LogP contribution in [0.1, 0.15) is 5.01 Å². The molecule has 2 nitrogen and oxygen atoms in total. The van der Waals surface area contributed by atoms with E-state index in [4.69, 9.17) is 23.2 Å². The van der Waals surface area contributed by atoms with E-state index in [1.54, 1.807) is 23.5 Å². The monoisotopic (exact) mass is 272 g/mol. The third kappa shape index (κ3) is 2.55. The maximum absolute atomic E-state index is 6.11. The summed E-state index contributed by atoms with van der Waals surface area (Å²) in [7, 11) is 1.90. The normalized spacial score (nSPS) is 10.7. The number of nitrogens with zero attached hydrogens (tertiary/aromatic N) is 1. The van der Waals surface area contributed by atoms with Crippen LogP contribution >= 0.6 is 34.5 Å². The molecule has 0 aliphatic rings. The van der Waals surface area contributed by atoms with Gasteiger partial charge in [0.15, 0.2) is 0 Å². The average Bonchev–Trinajstić information content (AvgIpc) is 2.71. The van der Waals surface area contributed by atoms with Crippen LogP contribution in [0, 0.1) is 0 Å². The van der Waals surface area contributed by atoms with Crippen molar-refractivity contribution >= 4 is 34.5 Å². The molecule has 0 fully saturated rings. The lowest BCUT2D eigenvalue weighted by Gasteiger charge is -2.01. The van der Waals surface area contributed by atoms with Crippen LogP contribution in [0.2, 0.25) is 10.0 Å². The lowest BCUT2D eigenvalue weighted by atomic mass is 10.2. The van der Waals surface area contributed by atoms with Crippen LogP contribution in [0.5, 0.6) is 0 Å². The summed E-state index contributed by atoms with van der Waals surface area (Å²) in [5.74, 6) is 0. The summed E-state index contributed by atoms with van der Waals surface area (Å²) < 4.78 is 0. The van der Waals surface area contributed by atoms with E-state index in [-0.39, 0.29) is 0 Å². The molecular weight excluding hydrogens is 263 g/mol. The molecule has 5 heteroatoms. The summed E-state index contributed by atoms with van der Waals surface area (Å²) in [6.07, 6.45) is 0. The van der Waals surface area contributed by atoms with Crippen molar-refractivity contribution in [2.24, 2.45) is 0 Å². The van der Waals surface area contributed by atoms with Crippen molar-refractivity contribution in [1.29, 1.82) is 0 Å². The Balaban J connectivity index is 2.38. The Hall–Kier alpha value is -0.610. The van der Waals surface area contributed by atoms with Gasteiger partial charge in [0.2, 0.25) is 0 Å². The molecule has 0 radical (unpaired) electrons. The topological polar surface area (TPSA) is 24.9 Å². The summed E-state index contributed by atoms with van der Waals surface area (Å²) in [6.45, 7) is 0.767. The van der Waals surface area contributed by atoms with Crippen LogP contribution in [-0.4, -0.2) is 12.0 Å². The number of hydrogen-bond donors (Lipinski definition) is 1. The second kappa shape index (κ2) is 5.15. The zero-order valence-electron chi connectivity index (χ0n) is 8.63. The van der Waals surface area contributed by atoms with Crippen molar-refractivity contribution in [3.63, 3.8) is 0 Å². The van der Waals surface area contributed by atoms with E-state index in [0.29, 0.717) is 10.0 Å². The summed E-state index contributed by atoms with van der Waals surface area (Å²) in [5, 5.41) is 7.43. The fourth-order valence-electron chi connectivity index (χ4n) is 1.36. The fraction of sp³-hybridized carbons (Fsp3) is 0.182. The third-order valence-electron chi connectivity index (χ3n) is 2.08. The van der Waals surface area contributed by atoms with E-state index in [1.807, 2.05) is 18.5 Å². The van der Waals surface area contributed by atoms with E-state index in [1.165, 1.54) is 0 Å². The first-order valence-electron chi connectivity index (χ1n) is 4.75. The maximum atomic E-state index is 6.11. The van der Waals surface area contributed by atoms with Gasteiger partial charge in [0.05, 0.1) is 10.7 Å². The number of halogens is 2. The van der Waals surface area contributed by atoms with Gasteiger partial charge in [0.1, 0.15) is 5.01 Å². The van der Waals surface area contributed by atoms with Gasteiger partial charge in [-0.2, -0.15) is 0 Å². The molecule has 0 aliphatic heterocycles. The van der Waals surface area contributed by atoms with Crippen LogP contribution in [-0.2, 0) is 6.54 Å². The van der Waals surface area contributed by atoms with Gasteiger partial charge in [-0.15, -0.1) is 11.3 Å². The fourth-order valence-corrected chi connectivity index (χ4v) is 2.55. The van der Waals surface area contributed by atoms with E-state index in [9.17, 15) is 0 Å². The van der Waals surface area contributed by atoms with E-state index >= 15 is 0 Å². The van der Waals surface area contributed by atoms with E-state index < -0.39 is 0 Å². The number of benzene rings is 1. The Kier molecular flexibility index (Phi) is 3.82. The minimum atomic E-state index is 0.669. The number of rotatable bonds is 3. The predicted octanol–water partition coefficient (Wildman–Crippen LogP) is 3.84. The highest BCUT2D eigenvalue weighted by Crippen LogP contribution is 2.31. The molecule has 0 spiro atoms. The minimum absolute atomic E-state index is 0.669. The van der Waals surface area contributed by atoms with Crippen molar-refractivity contribution in [1.82, 2.24) is 10.3 Å². The Morgan fingerprint density at radius 3 is 2.94 bits per heavy atom. The van der Waals surface area contributed by atoms with Crippen molar-refractivity contribution in [3.05, 3.63) is 38.6 Å². The Morgan fingerprint density at radius 2 is 2.19 bits per heavy atom. The van der Waals surface area contributed by atoms with Crippen LogP contribution in [0.15, 0.2) is 23.6 Å². The summed E-state index contributed by atoms with van der Waals surface area (Å²) in [6, 6.07) is 5.40. The van der Waals surface area contributed by atoms with Crippen molar-refractivity contribution in [2.45, 2.75) is 6.54 Å². The number of nitrogens with one attached hydrogen (secondary N) is 1. The quantitative estimate of drug-likeness (QED) is 0.919. The standard InChI is InChI=1S/C11H10Cl2N2S/c1-14-5-11-15-10(6-16-11)8-4-7(12)2-3-9(8)13/h2-4,6,14H,5H2,1H3. The van der Waals surface area contributed by atoms with Gasteiger partial charge in [-0.3, -0.25) is 0 Å². The zero-order chi connectivity index (χ0) is 11.5. The molecule has 1 aromatic heterocycles. The second-order valence-electron chi connectivity index (χ2n) is 3.28. The molecule has 0 saturated heterocycles. The lowest BCUT2D eigenvalue weighted by molar-refractivity contribution is 0.811. The molecule has 0 amide bonds. The maximum Gasteiger partial charge on any atom is 0.107 e. The molecule has 84 valence electrons. The Labute approximate surface area is 108 Å². The lowest BCUT2D eigenvalue weighted by Crippen LogP contribution is -2.04. The highest BCUT2D eigenvalue weighted by atomic mass is 35.5. The molecule has 0 bridgehead atoms. The number of aromatic nitrogens is 1. The number of thiazole rings is 1. The summed E-state index contributed by atoms with van der Waals surface area (Å²) in [4.78, 5) is 4.49. The molecule has 2 aromatic rings. The zero-order valence-corrected chi connectivity index (χ0v) is 11.0. The Bertz CT molecular complexity index is 496. The SMILES string of the molecule is CNCc1nc(-c2cc(Cl)ccc2Cl)cs1. The molecule has 0 unspecified atom stereocenters. The van der Waals surface area contributed by atoms with Crippen molar-refractivity contribution in [2.75, 3.05) is 7.05 Å². The van der Waals surface area contributed by atoms with Crippen LogP contribution in [0.4, 0.5) is 0 Å². The molecule has 16 heavy (non-hydrogen) atoms. The molecule has 1 N–H and O–H groups in total. The average molecular weight is 273 g/mol. The molecule has 1 aromatic carbocycles. The molecule has 0 aliphatic carbocycles. The molecule has 2 rings (SSSR count). The van der Waals surface area contributed by atoms with Crippen LogP contribution in [0.3, 0.4) is 0 Å². The molecule has 0 atom stereocenters. The van der Waals surface area contributed by atoms with Crippen LogP contribution in [0.25, 0.3) is 11.3 Å².